The van der Waals surface area contributed by atoms with E-state index in [4.69, 9.17) is 0 Å². The Bertz CT molecular complexity index is 742. The fourth-order valence-electron chi connectivity index (χ4n) is 2.18. The van der Waals surface area contributed by atoms with E-state index in [0.717, 1.165) is 19.2 Å². The molecule has 1 aromatic heterocycles. The molecule has 0 aliphatic rings. The van der Waals surface area contributed by atoms with Crippen LogP contribution in [0.3, 0.4) is 0 Å². The molecular weight excluding hydrogens is 316 g/mol. The van der Waals surface area contributed by atoms with E-state index in [1.54, 1.807) is 0 Å². The summed E-state index contributed by atoms with van der Waals surface area (Å²) >= 11 is 0. The Morgan fingerprint density at radius 1 is 1.09 bits per heavy atom. The van der Waals surface area contributed by atoms with Gasteiger partial charge in [0.2, 0.25) is 0 Å². The molecule has 2 rings (SSSR count). The highest BCUT2D eigenvalue weighted by molar-refractivity contribution is 5.97. The monoisotopic (exact) mass is 325 g/mol. The van der Waals surface area contributed by atoms with E-state index < -0.39 is 39.8 Å². The molecule has 0 atom stereocenters. The lowest BCUT2D eigenvalue weighted by atomic mass is 10.1. The number of nitrogens with zero attached hydrogens (tertiary/aromatic N) is 1. The van der Waals surface area contributed by atoms with Crippen molar-refractivity contribution in [3.05, 3.63) is 35.0 Å². The molecule has 1 heterocycles. The number of alkyl halides is 6. The van der Waals surface area contributed by atoms with Crippen molar-refractivity contribution in [3.63, 3.8) is 0 Å². The molecule has 120 valence electrons. The number of carbonyl (C=O) groups excluding carboxylic acids is 1. The number of halogens is 6. The van der Waals surface area contributed by atoms with E-state index in [2.05, 4.69) is 4.74 Å². The zero-order chi connectivity index (χ0) is 16.9. The highest BCUT2D eigenvalue weighted by atomic mass is 19.4. The van der Waals surface area contributed by atoms with Gasteiger partial charge in [0.05, 0.1) is 18.2 Å². The molecule has 1 aromatic carbocycles. The van der Waals surface area contributed by atoms with E-state index in [9.17, 15) is 31.1 Å². The average molecular weight is 325 g/mol. The summed E-state index contributed by atoms with van der Waals surface area (Å²) in [6.07, 6.45) is -9.87. The first-order valence-corrected chi connectivity index (χ1v) is 5.85. The van der Waals surface area contributed by atoms with Crippen LogP contribution in [0.15, 0.2) is 18.2 Å². The number of benzene rings is 1. The lowest BCUT2D eigenvalue weighted by molar-refractivity contribution is -0.201. The van der Waals surface area contributed by atoms with Gasteiger partial charge in [0, 0.05) is 5.39 Å². The Hall–Kier alpha value is -2.19. The van der Waals surface area contributed by atoms with Gasteiger partial charge in [-0.1, -0.05) is 0 Å². The zero-order valence-corrected chi connectivity index (χ0v) is 11.3. The third-order valence-electron chi connectivity index (χ3n) is 3.10. The van der Waals surface area contributed by atoms with Crippen molar-refractivity contribution < 1.29 is 35.9 Å². The summed E-state index contributed by atoms with van der Waals surface area (Å²) in [4.78, 5) is 11.5. The van der Waals surface area contributed by atoms with E-state index in [0.29, 0.717) is 6.07 Å². The van der Waals surface area contributed by atoms with Crippen LogP contribution in [0.2, 0.25) is 0 Å². The first-order valence-electron chi connectivity index (χ1n) is 5.85. The van der Waals surface area contributed by atoms with Gasteiger partial charge < -0.3 is 4.74 Å². The molecule has 0 radical (unpaired) electrons. The Morgan fingerprint density at radius 2 is 1.68 bits per heavy atom. The number of aryl methyl sites for hydroxylation is 1. The molecule has 0 bridgehead atoms. The van der Waals surface area contributed by atoms with Crippen molar-refractivity contribution in [3.8, 4) is 0 Å². The quantitative estimate of drug-likeness (QED) is 0.580. The summed E-state index contributed by atoms with van der Waals surface area (Å²) in [7, 11) is 0.884. The Balaban J connectivity index is 2.91. The van der Waals surface area contributed by atoms with Crippen LogP contribution in [0, 0.1) is 6.92 Å². The number of hydrogen-bond acceptors (Lipinski definition) is 2. The Kier molecular flexibility index (Phi) is 3.62. The molecule has 2 aromatic rings. The Labute approximate surface area is 120 Å². The number of ether oxygens (including phenoxy) is 1. The average Bonchev–Trinajstić information content (AvgIpc) is 2.76. The molecule has 9 heteroatoms. The summed E-state index contributed by atoms with van der Waals surface area (Å²) in [6.45, 7) is 1.24. The smallest absolute Gasteiger partial charge is 0.464 e. The molecule has 0 aliphatic carbocycles. The van der Waals surface area contributed by atoms with Gasteiger partial charge in [-0.05, 0) is 30.7 Å². The largest absolute Gasteiger partial charge is 0.489 e. The lowest BCUT2D eigenvalue weighted by Crippen LogP contribution is -2.22. The van der Waals surface area contributed by atoms with Crippen molar-refractivity contribution in [1.82, 2.24) is 4.57 Å². The third kappa shape index (κ3) is 2.62. The standard InChI is InChI=1S/C13H9F6NO2/c1-6-3-7(12(14,15)16)4-9-8(6)5-10(11(21)22-2)20(9)13(17,18)19/h3-5H,1-2H3. The van der Waals surface area contributed by atoms with E-state index in [1.807, 2.05) is 0 Å². The predicted molar refractivity (Wildman–Crippen MR) is 64.3 cm³/mol. The molecule has 0 aliphatic heterocycles. The SMILES string of the molecule is COC(=O)c1cc2c(C)cc(C(F)(F)F)cc2n1C(F)(F)F. The van der Waals surface area contributed by atoms with Crippen molar-refractivity contribution in [2.75, 3.05) is 7.11 Å². The summed E-state index contributed by atoms with van der Waals surface area (Å²) < 4.78 is 81.6. The third-order valence-corrected chi connectivity index (χ3v) is 3.10. The molecule has 0 saturated carbocycles. The van der Waals surface area contributed by atoms with Gasteiger partial charge in [0.1, 0.15) is 5.69 Å². The fourth-order valence-corrected chi connectivity index (χ4v) is 2.18. The van der Waals surface area contributed by atoms with Crippen LogP contribution in [0.1, 0.15) is 21.6 Å². The van der Waals surface area contributed by atoms with Gasteiger partial charge in [0.15, 0.2) is 0 Å². The van der Waals surface area contributed by atoms with E-state index in [1.165, 1.54) is 6.92 Å². The topological polar surface area (TPSA) is 31.2 Å². The second-order valence-corrected chi connectivity index (χ2v) is 4.55. The molecule has 0 unspecified atom stereocenters. The number of methoxy groups -OCH3 is 1. The van der Waals surface area contributed by atoms with E-state index >= 15 is 0 Å². The zero-order valence-electron chi connectivity index (χ0n) is 11.3. The molecule has 0 spiro atoms. The number of aromatic nitrogens is 1. The number of fused-ring (bicyclic) bond motifs is 1. The van der Waals surface area contributed by atoms with Crippen molar-refractivity contribution in [1.29, 1.82) is 0 Å². The van der Waals surface area contributed by atoms with Crippen molar-refractivity contribution >= 4 is 16.9 Å². The normalized spacial score (nSPS) is 12.7. The number of hydrogen-bond donors (Lipinski definition) is 0. The predicted octanol–water partition coefficient (Wildman–Crippen LogP) is 4.23. The summed E-state index contributed by atoms with van der Waals surface area (Å²) in [6, 6.07) is 1.95. The minimum absolute atomic E-state index is 0.0296. The second-order valence-electron chi connectivity index (χ2n) is 4.55. The molecule has 0 saturated heterocycles. The molecule has 22 heavy (non-hydrogen) atoms. The van der Waals surface area contributed by atoms with Crippen molar-refractivity contribution in [2.24, 2.45) is 0 Å². The minimum Gasteiger partial charge on any atom is -0.464 e. The second kappa shape index (κ2) is 4.92. The van der Waals surface area contributed by atoms with Gasteiger partial charge in [-0.25, -0.2) is 9.36 Å². The summed E-state index contributed by atoms with van der Waals surface area (Å²) in [5.74, 6) is -1.29. The highest BCUT2D eigenvalue weighted by Gasteiger charge is 2.39. The number of carbonyl (C=O) groups is 1. The molecule has 0 amide bonds. The van der Waals surface area contributed by atoms with Crippen LogP contribution < -0.4 is 0 Å². The maximum atomic E-state index is 13.1. The van der Waals surface area contributed by atoms with Gasteiger partial charge in [0.25, 0.3) is 0 Å². The first kappa shape index (κ1) is 16.2. The van der Waals surface area contributed by atoms with E-state index in [-0.39, 0.29) is 10.9 Å². The van der Waals surface area contributed by atoms with Crippen LogP contribution in [0.25, 0.3) is 10.9 Å². The lowest BCUT2D eigenvalue weighted by Gasteiger charge is -2.14. The summed E-state index contributed by atoms with van der Waals surface area (Å²) in [5, 5.41) is -0.106. The Morgan fingerprint density at radius 3 is 2.14 bits per heavy atom. The molecular formula is C13H9F6NO2. The van der Waals surface area contributed by atoms with Gasteiger partial charge >= 0.3 is 18.4 Å². The first-order chi connectivity index (χ1) is 9.96. The molecule has 0 N–H and O–H groups in total. The fraction of sp³-hybridized carbons (Fsp3) is 0.308. The number of esters is 1. The number of rotatable bonds is 1. The van der Waals surface area contributed by atoms with Crippen LogP contribution in [0.4, 0.5) is 26.3 Å². The van der Waals surface area contributed by atoms with Crippen molar-refractivity contribution in [2.45, 2.75) is 19.4 Å². The van der Waals surface area contributed by atoms with Crippen LogP contribution in [0.5, 0.6) is 0 Å². The summed E-state index contributed by atoms with van der Waals surface area (Å²) in [5.41, 5.74) is -2.89. The molecule has 0 fully saturated rings. The van der Waals surface area contributed by atoms with Gasteiger partial charge in [-0.2, -0.15) is 13.2 Å². The molecule has 3 nitrogen and oxygen atoms in total. The highest BCUT2D eigenvalue weighted by Crippen LogP contribution is 2.38. The maximum absolute atomic E-state index is 13.1. The van der Waals surface area contributed by atoms with Gasteiger partial charge in [-0.3, -0.25) is 0 Å². The van der Waals surface area contributed by atoms with Crippen LogP contribution >= 0.6 is 0 Å². The maximum Gasteiger partial charge on any atom is 0.489 e. The van der Waals surface area contributed by atoms with Crippen LogP contribution in [-0.4, -0.2) is 17.6 Å². The van der Waals surface area contributed by atoms with Gasteiger partial charge in [-0.15, -0.1) is 13.2 Å². The minimum atomic E-state index is -5.07. The van der Waals surface area contributed by atoms with Crippen LogP contribution in [-0.2, 0) is 17.2 Å².